The zero-order chi connectivity index (χ0) is 24.4. The van der Waals surface area contributed by atoms with E-state index in [0.717, 1.165) is 6.07 Å². The second-order valence-corrected chi connectivity index (χ2v) is 7.36. The lowest BCUT2D eigenvalue weighted by molar-refractivity contribution is 0.0682. The molecule has 0 saturated heterocycles. The molecule has 1 aromatic heterocycles. The van der Waals surface area contributed by atoms with E-state index in [9.17, 15) is 24.3 Å². The molecule has 0 unspecified atom stereocenters. The lowest BCUT2D eigenvalue weighted by atomic mass is 10.00. The van der Waals surface area contributed by atoms with Gasteiger partial charge in [0.05, 0.1) is 23.9 Å². The number of nitrogens with one attached hydrogen (secondary N) is 2. The summed E-state index contributed by atoms with van der Waals surface area (Å²) in [6, 6.07) is 16.5. The highest BCUT2D eigenvalue weighted by molar-refractivity contribution is 6.09. The number of hydrogen-bond acceptors (Lipinski definition) is 5. The number of benzene rings is 3. The number of ether oxygens (including phenoxy) is 1. The van der Waals surface area contributed by atoms with Crippen LogP contribution in [0.4, 0.5) is 5.69 Å². The topological polar surface area (TPSA) is 146 Å². The van der Waals surface area contributed by atoms with Crippen LogP contribution >= 0.6 is 0 Å². The molecule has 9 heteroatoms. The molecule has 1 amide bonds. The Kier molecular flexibility index (Phi) is 5.84. The molecule has 170 valence electrons. The Morgan fingerprint density at radius 3 is 2.06 bits per heavy atom. The number of carbonyl (C=O) groups excluding carboxylic acids is 1. The molecule has 0 spiro atoms. The van der Waals surface area contributed by atoms with Crippen LogP contribution < -0.4 is 15.5 Å². The average Bonchev–Trinajstić information content (AvgIpc) is 2.84. The summed E-state index contributed by atoms with van der Waals surface area (Å²) in [5.41, 5.74) is 1.03. The Morgan fingerprint density at radius 2 is 1.47 bits per heavy atom. The van der Waals surface area contributed by atoms with Gasteiger partial charge in [-0.15, -0.1) is 0 Å². The molecule has 34 heavy (non-hydrogen) atoms. The maximum absolute atomic E-state index is 12.9. The number of aromatic carboxylic acids is 2. The summed E-state index contributed by atoms with van der Waals surface area (Å²) in [4.78, 5) is 51.0. The minimum absolute atomic E-state index is 0.0986. The number of carboxylic acids is 2. The van der Waals surface area contributed by atoms with Gasteiger partial charge in [0.15, 0.2) is 5.43 Å². The highest BCUT2D eigenvalue weighted by Crippen LogP contribution is 2.30. The number of pyridine rings is 1. The van der Waals surface area contributed by atoms with Gasteiger partial charge in [-0.1, -0.05) is 12.1 Å². The van der Waals surface area contributed by atoms with Gasteiger partial charge in [0.2, 0.25) is 0 Å². The second kappa shape index (κ2) is 8.91. The molecule has 9 nitrogen and oxygen atoms in total. The quantitative estimate of drug-likeness (QED) is 0.343. The molecule has 3 aromatic carbocycles. The molecule has 0 aliphatic rings. The molecule has 0 aliphatic carbocycles. The van der Waals surface area contributed by atoms with Crippen LogP contribution in [0.25, 0.3) is 22.0 Å². The fourth-order valence-corrected chi connectivity index (χ4v) is 3.47. The fraction of sp³-hybridized carbons (Fsp3) is 0.0400. The summed E-state index contributed by atoms with van der Waals surface area (Å²) < 4.78 is 5.10. The summed E-state index contributed by atoms with van der Waals surface area (Å²) in [5, 5.41) is 21.4. The summed E-state index contributed by atoms with van der Waals surface area (Å²) >= 11 is 0. The first-order chi connectivity index (χ1) is 16.3. The van der Waals surface area contributed by atoms with Crippen molar-refractivity contribution in [2.45, 2.75) is 0 Å². The SMILES string of the molecule is COc1ccc(C(=O)Nc2cc(-c3ccc(C(=O)O)cc3)cc3c(=O)cc(C(=O)O)[nH]c23)cc1. The number of H-pyrrole nitrogens is 1. The van der Waals surface area contributed by atoms with Crippen LogP contribution in [0.2, 0.25) is 0 Å². The molecule has 0 saturated carbocycles. The Labute approximate surface area is 192 Å². The van der Waals surface area contributed by atoms with Crippen LogP contribution in [0.3, 0.4) is 0 Å². The Morgan fingerprint density at radius 1 is 0.824 bits per heavy atom. The van der Waals surface area contributed by atoms with Gasteiger partial charge in [-0.3, -0.25) is 9.59 Å². The lowest BCUT2D eigenvalue weighted by Crippen LogP contribution is -2.15. The van der Waals surface area contributed by atoms with Crippen molar-refractivity contribution < 1.29 is 29.3 Å². The van der Waals surface area contributed by atoms with Gasteiger partial charge in [0.25, 0.3) is 5.91 Å². The van der Waals surface area contributed by atoms with Crippen molar-refractivity contribution >= 4 is 34.4 Å². The van der Waals surface area contributed by atoms with Gasteiger partial charge in [-0.2, -0.15) is 0 Å². The molecule has 0 aliphatic heterocycles. The summed E-state index contributed by atoms with van der Waals surface area (Å²) in [6.07, 6.45) is 0. The van der Waals surface area contributed by atoms with Crippen molar-refractivity contribution in [2.24, 2.45) is 0 Å². The number of anilines is 1. The number of methoxy groups -OCH3 is 1. The van der Waals surface area contributed by atoms with Crippen LogP contribution in [0.15, 0.2) is 71.5 Å². The van der Waals surface area contributed by atoms with Gasteiger partial charge in [-0.25, -0.2) is 9.59 Å². The maximum Gasteiger partial charge on any atom is 0.352 e. The van der Waals surface area contributed by atoms with E-state index in [4.69, 9.17) is 9.84 Å². The van der Waals surface area contributed by atoms with Crippen LogP contribution in [-0.4, -0.2) is 40.2 Å². The van der Waals surface area contributed by atoms with Crippen molar-refractivity contribution in [3.05, 3.63) is 93.8 Å². The van der Waals surface area contributed by atoms with Crippen molar-refractivity contribution in [3.63, 3.8) is 0 Å². The number of hydrogen-bond donors (Lipinski definition) is 4. The van der Waals surface area contributed by atoms with E-state index in [2.05, 4.69) is 10.3 Å². The molecule has 4 rings (SSSR count). The van der Waals surface area contributed by atoms with Crippen molar-refractivity contribution in [1.82, 2.24) is 4.98 Å². The first kappa shape index (κ1) is 22.3. The Balaban J connectivity index is 1.85. The summed E-state index contributed by atoms with van der Waals surface area (Å²) in [7, 11) is 1.51. The van der Waals surface area contributed by atoms with E-state index in [0.29, 0.717) is 22.4 Å². The highest BCUT2D eigenvalue weighted by Gasteiger charge is 2.16. The van der Waals surface area contributed by atoms with Gasteiger partial charge < -0.3 is 25.3 Å². The van der Waals surface area contributed by atoms with E-state index in [1.165, 1.54) is 19.2 Å². The van der Waals surface area contributed by atoms with Gasteiger partial charge in [0.1, 0.15) is 11.4 Å². The largest absolute Gasteiger partial charge is 0.497 e. The second-order valence-electron chi connectivity index (χ2n) is 7.36. The molecule has 0 atom stereocenters. The summed E-state index contributed by atoms with van der Waals surface area (Å²) in [5.74, 6) is -2.30. The van der Waals surface area contributed by atoms with Crippen LogP contribution in [0.1, 0.15) is 31.2 Å². The average molecular weight is 458 g/mol. The predicted molar refractivity (Wildman–Crippen MR) is 125 cm³/mol. The van der Waals surface area contributed by atoms with Gasteiger partial charge in [0, 0.05) is 17.0 Å². The number of rotatable bonds is 6. The van der Waals surface area contributed by atoms with E-state index >= 15 is 0 Å². The Bertz CT molecular complexity index is 1490. The zero-order valence-corrected chi connectivity index (χ0v) is 17.8. The number of carbonyl (C=O) groups is 3. The number of fused-ring (bicyclic) bond motifs is 1. The third-order valence-corrected chi connectivity index (χ3v) is 5.23. The van der Waals surface area contributed by atoms with Gasteiger partial charge >= 0.3 is 11.9 Å². The van der Waals surface area contributed by atoms with Crippen LogP contribution in [0, 0.1) is 0 Å². The fourth-order valence-electron chi connectivity index (χ4n) is 3.47. The maximum atomic E-state index is 12.9. The first-order valence-electron chi connectivity index (χ1n) is 10.0. The zero-order valence-electron chi connectivity index (χ0n) is 17.8. The van der Waals surface area contributed by atoms with Crippen molar-refractivity contribution in [3.8, 4) is 16.9 Å². The minimum atomic E-state index is -1.32. The number of aromatic nitrogens is 1. The molecule has 0 fully saturated rings. The van der Waals surface area contributed by atoms with Crippen molar-refractivity contribution in [2.75, 3.05) is 12.4 Å². The van der Waals surface area contributed by atoms with E-state index in [1.807, 2.05) is 0 Å². The van der Waals surface area contributed by atoms with E-state index < -0.39 is 23.3 Å². The molecule has 1 heterocycles. The van der Waals surface area contributed by atoms with Crippen LogP contribution in [0.5, 0.6) is 5.75 Å². The first-order valence-corrected chi connectivity index (χ1v) is 10.0. The van der Waals surface area contributed by atoms with E-state index in [-0.39, 0.29) is 27.8 Å². The van der Waals surface area contributed by atoms with Crippen molar-refractivity contribution in [1.29, 1.82) is 0 Å². The molecule has 4 N–H and O–H groups in total. The number of aromatic amines is 1. The third kappa shape index (κ3) is 4.35. The Hall–Kier alpha value is -4.92. The number of carboxylic acid groups (broad SMARTS) is 2. The molecule has 0 radical (unpaired) electrons. The summed E-state index contributed by atoms with van der Waals surface area (Å²) in [6.45, 7) is 0. The smallest absolute Gasteiger partial charge is 0.352 e. The highest BCUT2D eigenvalue weighted by atomic mass is 16.5. The number of amides is 1. The lowest BCUT2D eigenvalue weighted by Gasteiger charge is -2.13. The predicted octanol–water partition coefficient (Wildman–Crippen LogP) is 3.85. The molecule has 0 bridgehead atoms. The van der Waals surface area contributed by atoms with Crippen LogP contribution in [-0.2, 0) is 0 Å². The standard InChI is InChI=1S/C25H18N2O7/c1-34-17-8-6-14(7-9-17)23(29)27-19-11-16(13-2-4-15(5-3-13)24(30)31)10-18-21(28)12-20(25(32)33)26-22(18)19/h2-12H,1H3,(H,26,28)(H,27,29)(H,30,31)(H,32,33). The molecule has 4 aromatic rings. The molecular weight excluding hydrogens is 440 g/mol. The normalized spacial score (nSPS) is 10.6. The van der Waals surface area contributed by atoms with E-state index in [1.54, 1.807) is 48.5 Å². The molecular formula is C25H18N2O7. The third-order valence-electron chi connectivity index (χ3n) is 5.23. The monoisotopic (exact) mass is 458 g/mol. The van der Waals surface area contributed by atoms with Gasteiger partial charge in [-0.05, 0) is 59.7 Å². The minimum Gasteiger partial charge on any atom is -0.497 e.